The van der Waals surface area contributed by atoms with Crippen LogP contribution in [0.5, 0.6) is 0 Å². The lowest BCUT2D eigenvalue weighted by Gasteiger charge is -2.12. The summed E-state index contributed by atoms with van der Waals surface area (Å²) in [6.07, 6.45) is 3.05. The van der Waals surface area contributed by atoms with Crippen LogP contribution in [0.15, 0.2) is 15.7 Å². The first-order valence-corrected chi connectivity index (χ1v) is 9.23. The van der Waals surface area contributed by atoms with Crippen LogP contribution in [0, 0.1) is 0 Å². The highest BCUT2D eigenvalue weighted by atomic mass is 16.2. The average molecular weight is 359 g/mol. The Morgan fingerprint density at radius 2 is 2.04 bits per heavy atom. The summed E-state index contributed by atoms with van der Waals surface area (Å²) in [5.41, 5.74) is 0.286. The number of rotatable bonds is 8. The maximum absolute atomic E-state index is 12.7. The van der Waals surface area contributed by atoms with Gasteiger partial charge in [-0.25, -0.2) is 9.78 Å². The molecule has 0 unspecified atom stereocenters. The van der Waals surface area contributed by atoms with Crippen molar-refractivity contribution < 1.29 is 4.79 Å². The smallest absolute Gasteiger partial charge is 0.329 e. The molecule has 26 heavy (non-hydrogen) atoms. The summed E-state index contributed by atoms with van der Waals surface area (Å²) < 4.78 is 1.40. The molecule has 2 aromatic rings. The second-order valence-electron chi connectivity index (χ2n) is 6.58. The van der Waals surface area contributed by atoms with Crippen molar-refractivity contribution in [3.05, 3.63) is 38.2 Å². The largest absolute Gasteiger partial charge is 0.351 e. The Morgan fingerprint density at radius 3 is 2.69 bits per heavy atom. The fraction of sp³-hybridized carbons (Fsp3) is 0.556. The van der Waals surface area contributed by atoms with Gasteiger partial charge in [0.2, 0.25) is 0 Å². The molecule has 0 spiro atoms. The Balaban J connectivity index is 2.01. The Kier molecular flexibility index (Phi) is 5.51. The molecule has 8 nitrogen and oxygen atoms in total. The van der Waals surface area contributed by atoms with Gasteiger partial charge in [-0.1, -0.05) is 6.92 Å². The first kappa shape index (κ1) is 18.3. The molecule has 0 atom stereocenters. The van der Waals surface area contributed by atoms with Crippen LogP contribution in [-0.4, -0.2) is 40.1 Å². The second-order valence-corrected chi connectivity index (χ2v) is 6.58. The highest BCUT2D eigenvalue weighted by Gasteiger charge is 2.28. The van der Waals surface area contributed by atoms with Gasteiger partial charge in [0, 0.05) is 31.2 Å². The molecule has 1 aliphatic carbocycles. The number of carbonyl (C=O) groups is 1. The summed E-state index contributed by atoms with van der Waals surface area (Å²) in [5, 5.41) is 6.24. The van der Waals surface area contributed by atoms with E-state index >= 15 is 0 Å². The Labute approximate surface area is 151 Å². The zero-order chi connectivity index (χ0) is 18.7. The average Bonchev–Trinajstić information content (AvgIpc) is 3.45. The minimum absolute atomic E-state index is 0.176. The molecule has 1 amide bonds. The highest BCUT2D eigenvalue weighted by molar-refractivity contribution is 6.05. The van der Waals surface area contributed by atoms with E-state index in [1.807, 2.05) is 6.92 Å². The number of aromatic nitrogens is 3. The van der Waals surface area contributed by atoms with Crippen LogP contribution in [-0.2, 0) is 6.54 Å². The Morgan fingerprint density at radius 1 is 1.27 bits per heavy atom. The van der Waals surface area contributed by atoms with E-state index in [-0.39, 0.29) is 16.9 Å². The van der Waals surface area contributed by atoms with Gasteiger partial charge >= 0.3 is 5.69 Å². The Bertz CT molecular complexity index is 927. The molecule has 0 saturated heterocycles. The summed E-state index contributed by atoms with van der Waals surface area (Å²) >= 11 is 0. The lowest BCUT2D eigenvalue weighted by molar-refractivity contribution is 0.0955. The van der Waals surface area contributed by atoms with Gasteiger partial charge in [0.05, 0.1) is 10.9 Å². The zero-order valence-electron chi connectivity index (χ0n) is 15.2. The summed E-state index contributed by atoms with van der Waals surface area (Å²) in [4.78, 5) is 44.1. The molecule has 1 saturated carbocycles. The predicted octanol–water partition coefficient (Wildman–Crippen LogP) is 0.711. The minimum Gasteiger partial charge on any atom is -0.351 e. The zero-order valence-corrected chi connectivity index (χ0v) is 15.2. The standard InChI is InChI=1S/C18H25N5O3/c1-3-7-19-8-9-20-16(24)12-10-13(11-5-6-11)21-15-14(12)17(25)22-18(26)23(15)4-2/h10-11,19H,3-9H2,1-2H3,(H,20,24)(H,22,25,26). The first-order chi connectivity index (χ1) is 12.6. The van der Waals surface area contributed by atoms with E-state index in [2.05, 4.69) is 27.5 Å². The summed E-state index contributed by atoms with van der Waals surface area (Å²) in [6.45, 7) is 6.27. The molecule has 0 bridgehead atoms. The monoisotopic (exact) mass is 359 g/mol. The molecule has 0 aromatic carbocycles. The molecule has 140 valence electrons. The highest BCUT2D eigenvalue weighted by Crippen LogP contribution is 2.39. The van der Waals surface area contributed by atoms with Crippen LogP contribution in [0.3, 0.4) is 0 Å². The second kappa shape index (κ2) is 7.82. The van der Waals surface area contributed by atoms with Crippen molar-refractivity contribution in [2.45, 2.75) is 45.6 Å². The molecule has 2 heterocycles. The van der Waals surface area contributed by atoms with Gasteiger partial charge in [0.15, 0.2) is 5.65 Å². The van der Waals surface area contributed by atoms with Gasteiger partial charge in [-0.3, -0.25) is 19.1 Å². The number of hydrogen-bond donors (Lipinski definition) is 3. The molecule has 8 heteroatoms. The van der Waals surface area contributed by atoms with Crippen LogP contribution >= 0.6 is 0 Å². The van der Waals surface area contributed by atoms with Crippen LogP contribution < -0.4 is 21.9 Å². The number of H-pyrrole nitrogens is 1. The maximum Gasteiger partial charge on any atom is 0.329 e. The van der Waals surface area contributed by atoms with Crippen molar-refractivity contribution >= 4 is 16.9 Å². The van der Waals surface area contributed by atoms with Crippen LogP contribution in [0.1, 0.15) is 55.1 Å². The van der Waals surface area contributed by atoms with Crippen molar-refractivity contribution in [3.63, 3.8) is 0 Å². The van der Waals surface area contributed by atoms with Gasteiger partial charge in [-0.15, -0.1) is 0 Å². The molecule has 3 N–H and O–H groups in total. The van der Waals surface area contributed by atoms with Gasteiger partial charge in [-0.2, -0.15) is 0 Å². The van der Waals surface area contributed by atoms with Crippen LogP contribution in [0.4, 0.5) is 0 Å². The molecule has 0 aliphatic heterocycles. The number of carbonyl (C=O) groups excluding carboxylic acids is 1. The number of nitrogens with one attached hydrogen (secondary N) is 3. The van der Waals surface area contributed by atoms with E-state index in [1.54, 1.807) is 6.07 Å². The number of fused-ring (bicyclic) bond motifs is 1. The van der Waals surface area contributed by atoms with Crippen LogP contribution in [0.2, 0.25) is 0 Å². The van der Waals surface area contributed by atoms with Gasteiger partial charge in [0.1, 0.15) is 0 Å². The molecule has 1 aliphatic rings. The maximum atomic E-state index is 12.7. The SMILES string of the molecule is CCCNCCNC(=O)c1cc(C2CC2)nc2c1c(=O)[nH]c(=O)n2CC. The van der Waals surface area contributed by atoms with Crippen molar-refractivity contribution in [3.8, 4) is 0 Å². The van der Waals surface area contributed by atoms with Crippen molar-refractivity contribution in [1.29, 1.82) is 0 Å². The van der Waals surface area contributed by atoms with Gasteiger partial charge < -0.3 is 10.6 Å². The van der Waals surface area contributed by atoms with Crippen molar-refractivity contribution in [2.75, 3.05) is 19.6 Å². The molecule has 3 rings (SSSR count). The van der Waals surface area contributed by atoms with E-state index in [4.69, 9.17) is 0 Å². The van der Waals surface area contributed by atoms with Gasteiger partial charge in [0.25, 0.3) is 11.5 Å². The van der Waals surface area contributed by atoms with E-state index in [0.29, 0.717) is 31.2 Å². The lowest BCUT2D eigenvalue weighted by atomic mass is 10.1. The molecule has 0 radical (unpaired) electrons. The topological polar surface area (TPSA) is 109 Å². The molecule has 2 aromatic heterocycles. The summed E-state index contributed by atoms with van der Waals surface area (Å²) in [6, 6.07) is 1.70. The molecule has 1 fully saturated rings. The Hall–Kier alpha value is -2.48. The number of aryl methyl sites for hydroxylation is 1. The van der Waals surface area contributed by atoms with Crippen LogP contribution in [0.25, 0.3) is 11.0 Å². The fourth-order valence-corrected chi connectivity index (χ4v) is 3.02. The third kappa shape index (κ3) is 3.70. The normalized spacial score (nSPS) is 13.9. The summed E-state index contributed by atoms with van der Waals surface area (Å²) in [5.74, 6) is -0.0127. The third-order valence-corrected chi connectivity index (χ3v) is 4.54. The molecular weight excluding hydrogens is 334 g/mol. The minimum atomic E-state index is -0.571. The number of amides is 1. The predicted molar refractivity (Wildman–Crippen MR) is 99.8 cm³/mol. The van der Waals surface area contributed by atoms with E-state index < -0.39 is 11.2 Å². The van der Waals surface area contributed by atoms with Crippen molar-refractivity contribution in [2.24, 2.45) is 0 Å². The lowest BCUT2D eigenvalue weighted by Crippen LogP contribution is -2.35. The third-order valence-electron chi connectivity index (χ3n) is 4.54. The van der Waals surface area contributed by atoms with Gasteiger partial charge in [-0.05, 0) is 38.8 Å². The number of pyridine rings is 1. The number of aromatic amines is 1. The quantitative estimate of drug-likeness (QED) is 0.602. The summed E-state index contributed by atoms with van der Waals surface area (Å²) in [7, 11) is 0. The first-order valence-electron chi connectivity index (χ1n) is 9.23. The van der Waals surface area contributed by atoms with E-state index in [1.165, 1.54) is 4.57 Å². The number of nitrogens with zero attached hydrogens (tertiary/aromatic N) is 2. The fourth-order valence-electron chi connectivity index (χ4n) is 3.02. The number of hydrogen-bond acceptors (Lipinski definition) is 5. The van der Waals surface area contributed by atoms with Crippen molar-refractivity contribution in [1.82, 2.24) is 25.2 Å². The van der Waals surface area contributed by atoms with E-state index in [9.17, 15) is 14.4 Å². The molecular formula is C18H25N5O3. The van der Waals surface area contributed by atoms with E-state index in [0.717, 1.165) is 31.5 Å².